The highest BCUT2D eigenvalue weighted by Crippen LogP contribution is 2.46. The van der Waals surface area contributed by atoms with Gasteiger partial charge in [-0.05, 0) is 18.8 Å². The topological polar surface area (TPSA) is 37.4 Å². The smallest absolute Gasteiger partial charge is 0.235 e. The number of carbonyl (C=O) groups is 2. The van der Waals surface area contributed by atoms with E-state index in [0.29, 0.717) is 12.3 Å². The number of hydrogen-bond acceptors (Lipinski definition) is 2. The zero-order valence-electron chi connectivity index (χ0n) is 8.88. The van der Waals surface area contributed by atoms with Crippen molar-refractivity contribution in [1.82, 2.24) is 4.90 Å². The summed E-state index contributed by atoms with van der Waals surface area (Å²) in [6.45, 7) is 2.18. The standard InChI is InChI=1S/C11H17NO2/c1-8-4-3-5-11(6-8)7-9(13)12(2)10(11)14/h8H,3-7H2,1-2H3. The molecule has 78 valence electrons. The third-order valence-electron chi connectivity index (χ3n) is 3.71. The van der Waals surface area contributed by atoms with Gasteiger partial charge >= 0.3 is 0 Å². The highest BCUT2D eigenvalue weighted by Gasteiger charge is 2.51. The minimum Gasteiger partial charge on any atom is -0.285 e. The van der Waals surface area contributed by atoms with E-state index in [2.05, 4.69) is 6.92 Å². The molecular weight excluding hydrogens is 178 g/mol. The van der Waals surface area contributed by atoms with E-state index < -0.39 is 0 Å². The first kappa shape index (κ1) is 9.69. The Morgan fingerprint density at radius 3 is 2.64 bits per heavy atom. The largest absolute Gasteiger partial charge is 0.285 e. The Morgan fingerprint density at radius 2 is 2.14 bits per heavy atom. The summed E-state index contributed by atoms with van der Waals surface area (Å²) in [6, 6.07) is 0. The molecule has 1 aliphatic carbocycles. The van der Waals surface area contributed by atoms with Gasteiger partial charge < -0.3 is 0 Å². The van der Waals surface area contributed by atoms with Gasteiger partial charge in [-0.1, -0.05) is 19.8 Å². The fourth-order valence-electron chi connectivity index (χ4n) is 2.97. The van der Waals surface area contributed by atoms with Crippen LogP contribution in [0, 0.1) is 11.3 Å². The molecule has 0 bridgehead atoms. The molecule has 1 aliphatic heterocycles. The molecule has 0 aromatic rings. The van der Waals surface area contributed by atoms with Crippen LogP contribution in [0.1, 0.15) is 39.0 Å². The predicted octanol–water partition coefficient (Wildman–Crippen LogP) is 1.57. The predicted molar refractivity (Wildman–Crippen MR) is 52.5 cm³/mol. The number of likely N-dealkylation sites (tertiary alicyclic amines) is 1. The minimum absolute atomic E-state index is 0.00380. The van der Waals surface area contributed by atoms with Crippen molar-refractivity contribution >= 4 is 11.8 Å². The summed E-state index contributed by atoms with van der Waals surface area (Å²) in [4.78, 5) is 24.7. The summed E-state index contributed by atoms with van der Waals surface area (Å²) >= 11 is 0. The zero-order valence-corrected chi connectivity index (χ0v) is 8.88. The van der Waals surface area contributed by atoms with Crippen LogP contribution < -0.4 is 0 Å². The summed E-state index contributed by atoms with van der Waals surface area (Å²) in [7, 11) is 1.61. The van der Waals surface area contributed by atoms with Crippen LogP contribution in [0.15, 0.2) is 0 Å². The van der Waals surface area contributed by atoms with Crippen LogP contribution in [-0.2, 0) is 9.59 Å². The fourth-order valence-corrected chi connectivity index (χ4v) is 2.97. The molecule has 3 heteroatoms. The van der Waals surface area contributed by atoms with Gasteiger partial charge in [-0.15, -0.1) is 0 Å². The molecule has 2 aliphatic rings. The SMILES string of the molecule is CC1CCCC2(CC(=O)N(C)C2=O)C1. The van der Waals surface area contributed by atoms with Crippen LogP contribution in [0.5, 0.6) is 0 Å². The number of amides is 2. The van der Waals surface area contributed by atoms with Crippen LogP contribution in [0.2, 0.25) is 0 Å². The van der Waals surface area contributed by atoms with Gasteiger partial charge in [-0.2, -0.15) is 0 Å². The summed E-state index contributed by atoms with van der Waals surface area (Å²) in [6.07, 6.45) is 4.56. The van der Waals surface area contributed by atoms with Crippen LogP contribution in [-0.4, -0.2) is 23.8 Å². The van der Waals surface area contributed by atoms with Gasteiger partial charge in [0.1, 0.15) is 0 Å². The van der Waals surface area contributed by atoms with E-state index in [1.807, 2.05) is 0 Å². The van der Waals surface area contributed by atoms with Gasteiger partial charge in [0, 0.05) is 13.5 Å². The summed E-state index contributed by atoms with van der Waals surface area (Å²) in [5.74, 6) is 0.658. The number of carbonyl (C=O) groups excluding carboxylic acids is 2. The molecule has 14 heavy (non-hydrogen) atoms. The van der Waals surface area contributed by atoms with Crippen molar-refractivity contribution in [3.05, 3.63) is 0 Å². The molecular formula is C11H17NO2. The lowest BCUT2D eigenvalue weighted by Crippen LogP contribution is -2.36. The van der Waals surface area contributed by atoms with Crippen LogP contribution in [0.25, 0.3) is 0 Å². The Bertz CT molecular complexity index is 287. The Balaban J connectivity index is 2.24. The maximum Gasteiger partial charge on any atom is 0.235 e. The third kappa shape index (κ3) is 1.26. The van der Waals surface area contributed by atoms with Crippen molar-refractivity contribution in [2.45, 2.75) is 39.0 Å². The molecule has 2 amide bonds. The maximum absolute atomic E-state index is 11.9. The second kappa shape index (κ2) is 3.07. The molecule has 2 fully saturated rings. The first-order valence-corrected chi connectivity index (χ1v) is 5.36. The molecule has 2 atom stereocenters. The van der Waals surface area contributed by atoms with Crippen LogP contribution >= 0.6 is 0 Å². The van der Waals surface area contributed by atoms with E-state index in [9.17, 15) is 9.59 Å². The summed E-state index contributed by atoms with van der Waals surface area (Å²) in [5, 5.41) is 0. The molecule has 1 spiro atoms. The molecule has 0 radical (unpaired) electrons. The van der Waals surface area contributed by atoms with Crippen molar-refractivity contribution in [1.29, 1.82) is 0 Å². The molecule has 1 heterocycles. The lowest BCUT2D eigenvalue weighted by molar-refractivity contribution is -0.141. The Hall–Kier alpha value is -0.860. The quantitative estimate of drug-likeness (QED) is 0.550. The van der Waals surface area contributed by atoms with Crippen LogP contribution in [0.3, 0.4) is 0 Å². The molecule has 0 aromatic carbocycles. The van der Waals surface area contributed by atoms with Gasteiger partial charge in [-0.3, -0.25) is 14.5 Å². The van der Waals surface area contributed by atoms with Crippen molar-refractivity contribution in [3.8, 4) is 0 Å². The van der Waals surface area contributed by atoms with Gasteiger partial charge in [-0.25, -0.2) is 0 Å². The van der Waals surface area contributed by atoms with E-state index in [4.69, 9.17) is 0 Å². The first-order chi connectivity index (χ1) is 6.55. The lowest BCUT2D eigenvalue weighted by Gasteiger charge is -2.33. The lowest BCUT2D eigenvalue weighted by atomic mass is 9.69. The first-order valence-electron chi connectivity index (χ1n) is 5.36. The molecule has 1 saturated heterocycles. The Kier molecular flexibility index (Phi) is 2.13. The van der Waals surface area contributed by atoms with E-state index in [0.717, 1.165) is 19.3 Å². The van der Waals surface area contributed by atoms with Gasteiger partial charge in [0.2, 0.25) is 11.8 Å². The number of imide groups is 1. The van der Waals surface area contributed by atoms with E-state index >= 15 is 0 Å². The normalized spacial score (nSPS) is 38.4. The van der Waals surface area contributed by atoms with Gasteiger partial charge in [0.05, 0.1) is 5.41 Å². The van der Waals surface area contributed by atoms with Crippen molar-refractivity contribution in [3.63, 3.8) is 0 Å². The molecule has 0 N–H and O–H groups in total. The van der Waals surface area contributed by atoms with Crippen molar-refractivity contribution in [2.75, 3.05) is 7.05 Å². The highest BCUT2D eigenvalue weighted by molar-refractivity contribution is 6.05. The second-order valence-corrected chi connectivity index (χ2v) is 4.92. The number of rotatable bonds is 0. The van der Waals surface area contributed by atoms with Crippen molar-refractivity contribution in [2.24, 2.45) is 11.3 Å². The Morgan fingerprint density at radius 1 is 1.43 bits per heavy atom. The van der Waals surface area contributed by atoms with E-state index in [1.54, 1.807) is 7.05 Å². The van der Waals surface area contributed by atoms with Crippen molar-refractivity contribution < 1.29 is 9.59 Å². The molecule has 2 unspecified atom stereocenters. The maximum atomic E-state index is 11.9. The molecule has 2 rings (SSSR count). The molecule has 0 aromatic heterocycles. The number of nitrogens with zero attached hydrogens (tertiary/aromatic N) is 1. The van der Waals surface area contributed by atoms with Crippen LogP contribution in [0.4, 0.5) is 0 Å². The molecule has 3 nitrogen and oxygen atoms in total. The summed E-state index contributed by atoms with van der Waals surface area (Å²) < 4.78 is 0. The minimum atomic E-state index is -0.316. The zero-order chi connectivity index (χ0) is 10.3. The fraction of sp³-hybridized carbons (Fsp3) is 0.818. The summed E-state index contributed by atoms with van der Waals surface area (Å²) in [5.41, 5.74) is -0.316. The van der Waals surface area contributed by atoms with Gasteiger partial charge in [0.15, 0.2) is 0 Å². The highest BCUT2D eigenvalue weighted by atomic mass is 16.2. The second-order valence-electron chi connectivity index (χ2n) is 4.92. The van der Waals surface area contributed by atoms with E-state index in [-0.39, 0.29) is 17.2 Å². The van der Waals surface area contributed by atoms with Gasteiger partial charge in [0.25, 0.3) is 0 Å². The molecule has 1 saturated carbocycles. The average Bonchev–Trinajstić information content (AvgIpc) is 2.31. The van der Waals surface area contributed by atoms with E-state index in [1.165, 1.54) is 11.3 Å². The number of hydrogen-bond donors (Lipinski definition) is 0. The average molecular weight is 195 g/mol. The third-order valence-corrected chi connectivity index (χ3v) is 3.71. The Labute approximate surface area is 84.5 Å². The monoisotopic (exact) mass is 195 g/mol.